The lowest BCUT2D eigenvalue weighted by atomic mass is 10.00. The highest BCUT2D eigenvalue weighted by Gasteiger charge is 2.25. The summed E-state index contributed by atoms with van der Waals surface area (Å²) in [5, 5.41) is 8.54. The van der Waals surface area contributed by atoms with Crippen LogP contribution in [0.2, 0.25) is 0 Å². The van der Waals surface area contributed by atoms with Gasteiger partial charge in [-0.1, -0.05) is 97.1 Å². The number of hydrogen-bond acceptors (Lipinski definition) is 2. The summed E-state index contributed by atoms with van der Waals surface area (Å²) in [6, 6.07) is 57.3. The first-order valence-corrected chi connectivity index (χ1v) is 17.7. The van der Waals surface area contributed by atoms with Crippen LogP contribution >= 0.6 is 0 Å². The van der Waals surface area contributed by atoms with Gasteiger partial charge in [0, 0.05) is 56.0 Å². The van der Waals surface area contributed by atoms with Crippen LogP contribution in [0.15, 0.2) is 170 Å². The van der Waals surface area contributed by atoms with Crippen LogP contribution in [-0.2, 0) is 0 Å². The Morgan fingerprint density at radius 1 is 0.423 bits per heavy atom. The van der Waals surface area contributed by atoms with Gasteiger partial charge in [0.15, 0.2) is 0 Å². The fraction of sp³-hybridized carbons (Fsp3) is 0. The molecule has 0 saturated carbocycles. The average Bonchev–Trinajstić information content (AvgIpc) is 3.84. The summed E-state index contributed by atoms with van der Waals surface area (Å²) in [6.07, 6.45) is 3.88. The molecule has 0 spiro atoms. The minimum atomic E-state index is 0.913. The van der Waals surface area contributed by atoms with E-state index in [0.29, 0.717) is 0 Å². The van der Waals surface area contributed by atoms with Crippen molar-refractivity contribution in [2.24, 2.45) is 0 Å². The standard InChI is InChI=1S/C48H28N4/c1-2-10-32(11-3-1)51-43-16-7-6-13-35(43)38-25-30(18-21-44(38)51)31-19-22-45-39(26-31)37-20-17-29-9-4-5-12-33(29)48(37)52(45)46-27-40-41-28-49-24-23-34(41)36-14-8-15-42(50-46)47(36)40/h1-28H. The molecule has 7 aromatic carbocycles. The topological polar surface area (TPSA) is 35.6 Å². The van der Waals surface area contributed by atoms with Gasteiger partial charge in [0.05, 0.1) is 27.6 Å². The molecular formula is C48H28N4. The third kappa shape index (κ3) is 3.70. The van der Waals surface area contributed by atoms with E-state index in [0.717, 1.165) is 22.4 Å². The van der Waals surface area contributed by atoms with Crippen molar-refractivity contribution in [2.75, 3.05) is 0 Å². The molecule has 0 saturated heterocycles. The summed E-state index contributed by atoms with van der Waals surface area (Å²) in [5.74, 6) is 0.913. The van der Waals surface area contributed by atoms with E-state index in [1.165, 1.54) is 87.8 Å². The van der Waals surface area contributed by atoms with Crippen LogP contribution in [0.4, 0.5) is 0 Å². The van der Waals surface area contributed by atoms with Gasteiger partial charge in [-0.15, -0.1) is 0 Å². The molecule has 52 heavy (non-hydrogen) atoms. The second kappa shape index (κ2) is 10.3. The zero-order valence-electron chi connectivity index (χ0n) is 28.0. The zero-order chi connectivity index (χ0) is 33.9. The third-order valence-electron chi connectivity index (χ3n) is 11.1. The van der Waals surface area contributed by atoms with Crippen molar-refractivity contribution in [2.45, 2.75) is 0 Å². The van der Waals surface area contributed by atoms with Gasteiger partial charge in [-0.2, -0.15) is 0 Å². The summed E-state index contributed by atoms with van der Waals surface area (Å²) in [5.41, 5.74) is 14.1. The van der Waals surface area contributed by atoms with Gasteiger partial charge in [-0.05, 0) is 93.9 Å². The minimum absolute atomic E-state index is 0.913. The lowest BCUT2D eigenvalue weighted by Gasteiger charge is -2.12. The van der Waals surface area contributed by atoms with Crippen LogP contribution in [0.3, 0.4) is 0 Å². The van der Waals surface area contributed by atoms with Crippen LogP contribution < -0.4 is 0 Å². The van der Waals surface area contributed by atoms with Crippen LogP contribution in [0.25, 0.3) is 110 Å². The summed E-state index contributed by atoms with van der Waals surface area (Å²) in [6.45, 7) is 0. The molecule has 0 bridgehead atoms. The smallest absolute Gasteiger partial charge is 0.138 e. The Kier molecular flexibility index (Phi) is 5.47. The van der Waals surface area contributed by atoms with Crippen LogP contribution in [0, 0.1) is 0 Å². The number of pyridine rings is 2. The summed E-state index contributed by atoms with van der Waals surface area (Å²) >= 11 is 0. The molecular weight excluding hydrogens is 633 g/mol. The van der Waals surface area contributed by atoms with E-state index in [9.17, 15) is 0 Å². The maximum Gasteiger partial charge on any atom is 0.138 e. The number of para-hydroxylation sites is 2. The Morgan fingerprint density at radius 3 is 2.02 bits per heavy atom. The van der Waals surface area contributed by atoms with E-state index in [1.54, 1.807) is 0 Å². The predicted octanol–water partition coefficient (Wildman–Crippen LogP) is 12.3. The van der Waals surface area contributed by atoms with Crippen molar-refractivity contribution >= 4 is 65.3 Å². The fourth-order valence-electron chi connectivity index (χ4n) is 8.87. The maximum absolute atomic E-state index is 5.38. The van der Waals surface area contributed by atoms with Crippen molar-refractivity contribution in [3.63, 3.8) is 0 Å². The van der Waals surface area contributed by atoms with Crippen LogP contribution in [-0.4, -0.2) is 19.1 Å². The number of aromatic nitrogens is 4. The number of nitrogens with zero attached hydrogens (tertiary/aromatic N) is 4. The Hall–Kier alpha value is -7.04. The van der Waals surface area contributed by atoms with Gasteiger partial charge in [-0.3, -0.25) is 9.55 Å². The molecule has 0 N–H and O–H groups in total. The quantitative estimate of drug-likeness (QED) is 0.189. The van der Waals surface area contributed by atoms with E-state index >= 15 is 0 Å². The third-order valence-corrected chi connectivity index (χ3v) is 11.1. The first-order valence-electron chi connectivity index (χ1n) is 17.7. The van der Waals surface area contributed by atoms with E-state index in [-0.39, 0.29) is 0 Å². The van der Waals surface area contributed by atoms with E-state index in [2.05, 4.69) is 172 Å². The molecule has 240 valence electrons. The Morgan fingerprint density at radius 2 is 1.15 bits per heavy atom. The van der Waals surface area contributed by atoms with E-state index < -0.39 is 0 Å². The molecule has 11 aromatic rings. The highest BCUT2D eigenvalue weighted by atomic mass is 15.1. The molecule has 1 aliphatic rings. The minimum Gasteiger partial charge on any atom is -0.309 e. The number of rotatable bonds is 3. The molecule has 4 aromatic heterocycles. The fourth-order valence-corrected chi connectivity index (χ4v) is 8.87. The largest absolute Gasteiger partial charge is 0.309 e. The SMILES string of the molecule is c1ccc(-n2c3ccccc3c3cc(-c4ccc5c(c4)c4ccc6ccccc6c4n5-c4cc5c6c(cccc6n4)-c4ccncc4-5)ccc32)cc1. The molecule has 0 amide bonds. The van der Waals surface area contributed by atoms with Crippen molar-refractivity contribution < 1.29 is 0 Å². The summed E-state index contributed by atoms with van der Waals surface area (Å²) in [4.78, 5) is 9.90. The molecule has 12 rings (SSSR count). The van der Waals surface area contributed by atoms with Gasteiger partial charge >= 0.3 is 0 Å². The first kappa shape index (κ1) is 27.7. The number of hydrogen-bond donors (Lipinski definition) is 0. The molecule has 0 unspecified atom stereocenters. The average molecular weight is 661 g/mol. The second-order valence-corrected chi connectivity index (χ2v) is 13.8. The molecule has 4 heterocycles. The maximum atomic E-state index is 5.38. The summed E-state index contributed by atoms with van der Waals surface area (Å²) < 4.78 is 4.75. The van der Waals surface area contributed by atoms with Crippen LogP contribution in [0.5, 0.6) is 0 Å². The van der Waals surface area contributed by atoms with E-state index in [1.807, 2.05) is 12.4 Å². The predicted molar refractivity (Wildman–Crippen MR) is 216 cm³/mol. The lowest BCUT2D eigenvalue weighted by molar-refractivity contribution is 1.11. The molecule has 0 atom stereocenters. The number of benzene rings is 7. The van der Waals surface area contributed by atoms with Gasteiger partial charge in [0.25, 0.3) is 0 Å². The number of fused-ring (bicyclic) bond motifs is 11. The Bertz CT molecular complexity index is 3290. The van der Waals surface area contributed by atoms with Crippen molar-refractivity contribution in [1.29, 1.82) is 0 Å². The van der Waals surface area contributed by atoms with Gasteiger partial charge in [0.2, 0.25) is 0 Å². The molecule has 4 heteroatoms. The molecule has 0 fully saturated rings. The second-order valence-electron chi connectivity index (χ2n) is 13.8. The van der Waals surface area contributed by atoms with Gasteiger partial charge in [0.1, 0.15) is 5.82 Å². The monoisotopic (exact) mass is 660 g/mol. The van der Waals surface area contributed by atoms with Gasteiger partial charge in [-0.25, -0.2) is 4.98 Å². The van der Waals surface area contributed by atoms with E-state index in [4.69, 9.17) is 4.98 Å². The lowest BCUT2D eigenvalue weighted by Crippen LogP contribution is -1.99. The van der Waals surface area contributed by atoms with Gasteiger partial charge < -0.3 is 4.57 Å². The van der Waals surface area contributed by atoms with Crippen LogP contribution in [0.1, 0.15) is 0 Å². The Balaban J connectivity index is 1.12. The highest BCUT2D eigenvalue weighted by molar-refractivity contribution is 6.20. The van der Waals surface area contributed by atoms with Crippen molar-refractivity contribution in [3.05, 3.63) is 170 Å². The molecule has 4 nitrogen and oxygen atoms in total. The summed E-state index contributed by atoms with van der Waals surface area (Å²) in [7, 11) is 0. The molecule has 0 aliphatic heterocycles. The normalized spacial score (nSPS) is 12.2. The zero-order valence-corrected chi connectivity index (χ0v) is 28.0. The first-order chi connectivity index (χ1) is 25.8. The highest BCUT2D eigenvalue weighted by Crippen LogP contribution is 2.48. The molecule has 0 radical (unpaired) electrons. The van der Waals surface area contributed by atoms with Crippen molar-refractivity contribution in [3.8, 4) is 44.9 Å². The molecule has 1 aliphatic carbocycles. The van der Waals surface area contributed by atoms with Crippen molar-refractivity contribution in [1.82, 2.24) is 19.1 Å². The Labute approximate surface area is 298 Å².